The van der Waals surface area contributed by atoms with Gasteiger partial charge in [0.15, 0.2) is 0 Å². The maximum Gasteiger partial charge on any atom is 0.117 e. The van der Waals surface area contributed by atoms with Crippen molar-refractivity contribution in [3.63, 3.8) is 0 Å². The molecule has 0 aromatic heterocycles. The van der Waals surface area contributed by atoms with E-state index in [0.717, 1.165) is 36.7 Å². The Hall–Kier alpha value is -2.49. The molecule has 0 bridgehead atoms. The van der Waals surface area contributed by atoms with Gasteiger partial charge in [-0.25, -0.2) is 0 Å². The Morgan fingerprint density at radius 3 is 2.90 bits per heavy atom. The molecule has 0 saturated heterocycles. The van der Waals surface area contributed by atoms with Gasteiger partial charge < -0.3 is 15.7 Å². The van der Waals surface area contributed by atoms with Crippen molar-refractivity contribution in [2.75, 3.05) is 18.4 Å². The molecule has 4 nitrogen and oxygen atoms in total. The fraction of sp³-hybridized carbons (Fsp3) is 0.235. The SMILES string of the molecule is Cc1ccc(Nc2cccc(O)c2)c(CC2=NCCN2)c1. The normalized spacial score (nSPS) is 13.7. The van der Waals surface area contributed by atoms with E-state index in [1.54, 1.807) is 12.1 Å². The van der Waals surface area contributed by atoms with Crippen molar-refractivity contribution >= 4 is 17.2 Å². The topological polar surface area (TPSA) is 56.6 Å². The Labute approximate surface area is 124 Å². The van der Waals surface area contributed by atoms with E-state index in [-0.39, 0.29) is 5.75 Å². The molecule has 0 unspecified atom stereocenters. The van der Waals surface area contributed by atoms with Gasteiger partial charge in [-0.2, -0.15) is 0 Å². The molecule has 0 fully saturated rings. The Balaban J connectivity index is 1.86. The zero-order valence-electron chi connectivity index (χ0n) is 12.1. The van der Waals surface area contributed by atoms with E-state index in [1.165, 1.54) is 11.1 Å². The minimum absolute atomic E-state index is 0.260. The molecule has 1 aliphatic rings. The summed E-state index contributed by atoms with van der Waals surface area (Å²) in [5.41, 5.74) is 4.35. The minimum Gasteiger partial charge on any atom is -0.508 e. The van der Waals surface area contributed by atoms with Gasteiger partial charge in [0, 0.05) is 30.4 Å². The lowest BCUT2D eigenvalue weighted by Crippen LogP contribution is -2.21. The van der Waals surface area contributed by atoms with Crippen LogP contribution in [-0.4, -0.2) is 24.0 Å². The lowest BCUT2D eigenvalue weighted by Gasteiger charge is -2.13. The number of phenolic OH excluding ortho intramolecular Hbond substituents is 1. The van der Waals surface area contributed by atoms with Crippen LogP contribution in [0.5, 0.6) is 5.75 Å². The average molecular weight is 281 g/mol. The molecule has 108 valence electrons. The fourth-order valence-electron chi connectivity index (χ4n) is 2.48. The molecule has 0 amide bonds. The zero-order valence-corrected chi connectivity index (χ0v) is 12.1. The second-order valence-corrected chi connectivity index (χ2v) is 5.27. The van der Waals surface area contributed by atoms with E-state index in [1.807, 2.05) is 12.1 Å². The summed E-state index contributed by atoms with van der Waals surface area (Å²) in [5, 5.41) is 16.2. The third-order valence-corrected chi connectivity index (χ3v) is 3.49. The van der Waals surface area contributed by atoms with Crippen LogP contribution in [0.2, 0.25) is 0 Å². The van der Waals surface area contributed by atoms with Crippen LogP contribution in [-0.2, 0) is 6.42 Å². The van der Waals surface area contributed by atoms with Crippen LogP contribution >= 0.6 is 0 Å². The zero-order chi connectivity index (χ0) is 14.7. The number of rotatable bonds is 4. The number of phenols is 1. The van der Waals surface area contributed by atoms with Gasteiger partial charge in [-0.1, -0.05) is 23.8 Å². The van der Waals surface area contributed by atoms with Gasteiger partial charge in [0.25, 0.3) is 0 Å². The van der Waals surface area contributed by atoms with Crippen LogP contribution in [0.3, 0.4) is 0 Å². The highest BCUT2D eigenvalue weighted by Gasteiger charge is 2.10. The van der Waals surface area contributed by atoms with E-state index >= 15 is 0 Å². The van der Waals surface area contributed by atoms with Crippen molar-refractivity contribution in [3.05, 3.63) is 53.6 Å². The number of benzene rings is 2. The molecule has 2 aromatic rings. The van der Waals surface area contributed by atoms with Crippen LogP contribution < -0.4 is 10.6 Å². The second kappa shape index (κ2) is 5.87. The maximum absolute atomic E-state index is 9.57. The number of aromatic hydroxyl groups is 1. The lowest BCUT2D eigenvalue weighted by molar-refractivity contribution is 0.475. The van der Waals surface area contributed by atoms with Crippen LogP contribution in [0.1, 0.15) is 11.1 Å². The van der Waals surface area contributed by atoms with Gasteiger partial charge in [0.2, 0.25) is 0 Å². The monoisotopic (exact) mass is 281 g/mol. The summed E-state index contributed by atoms with van der Waals surface area (Å²) >= 11 is 0. The molecule has 1 aliphatic heterocycles. The van der Waals surface area contributed by atoms with Crippen LogP contribution in [0, 0.1) is 6.92 Å². The van der Waals surface area contributed by atoms with Crippen LogP contribution in [0.15, 0.2) is 47.5 Å². The largest absolute Gasteiger partial charge is 0.508 e. The van der Waals surface area contributed by atoms with Crippen LogP contribution in [0.4, 0.5) is 11.4 Å². The first-order valence-corrected chi connectivity index (χ1v) is 7.13. The molecule has 3 rings (SSSR count). The third-order valence-electron chi connectivity index (χ3n) is 3.49. The highest BCUT2D eigenvalue weighted by Crippen LogP contribution is 2.25. The predicted molar refractivity (Wildman–Crippen MR) is 86.6 cm³/mol. The number of hydrogen-bond donors (Lipinski definition) is 3. The Morgan fingerprint density at radius 2 is 2.14 bits per heavy atom. The summed E-state index contributed by atoms with van der Waals surface area (Å²) in [5.74, 6) is 1.30. The molecule has 4 heteroatoms. The Kier molecular flexibility index (Phi) is 3.77. The number of anilines is 2. The summed E-state index contributed by atoms with van der Waals surface area (Å²) < 4.78 is 0. The van der Waals surface area contributed by atoms with Gasteiger partial charge >= 0.3 is 0 Å². The molecule has 0 saturated carbocycles. The molecule has 0 radical (unpaired) electrons. The smallest absolute Gasteiger partial charge is 0.117 e. The van der Waals surface area contributed by atoms with E-state index in [9.17, 15) is 5.11 Å². The molecule has 0 aliphatic carbocycles. The standard InChI is InChI=1S/C17H19N3O/c1-12-5-6-16(20-14-3-2-4-15(21)11-14)13(9-12)10-17-18-7-8-19-17/h2-6,9,11,20-21H,7-8,10H2,1H3,(H,18,19). The Morgan fingerprint density at radius 1 is 1.24 bits per heavy atom. The fourth-order valence-corrected chi connectivity index (χ4v) is 2.48. The number of hydrogen-bond acceptors (Lipinski definition) is 4. The molecule has 21 heavy (non-hydrogen) atoms. The lowest BCUT2D eigenvalue weighted by atomic mass is 10.1. The number of amidine groups is 1. The minimum atomic E-state index is 0.260. The highest BCUT2D eigenvalue weighted by molar-refractivity contribution is 5.87. The summed E-state index contributed by atoms with van der Waals surface area (Å²) in [4.78, 5) is 4.46. The van der Waals surface area contributed by atoms with Gasteiger partial charge in [-0.15, -0.1) is 0 Å². The van der Waals surface area contributed by atoms with Gasteiger partial charge in [-0.05, 0) is 30.7 Å². The molecular formula is C17H19N3O. The van der Waals surface area contributed by atoms with Gasteiger partial charge in [0.1, 0.15) is 11.6 Å². The first kappa shape index (κ1) is 13.5. The number of aliphatic imine (C=N–C) groups is 1. The number of nitrogens with one attached hydrogen (secondary N) is 2. The van der Waals surface area contributed by atoms with Crippen molar-refractivity contribution in [1.29, 1.82) is 0 Å². The van der Waals surface area contributed by atoms with Crippen molar-refractivity contribution in [1.82, 2.24) is 5.32 Å². The van der Waals surface area contributed by atoms with Crippen molar-refractivity contribution < 1.29 is 5.11 Å². The quantitative estimate of drug-likeness (QED) is 0.807. The van der Waals surface area contributed by atoms with Crippen molar-refractivity contribution in [2.45, 2.75) is 13.3 Å². The summed E-state index contributed by atoms with van der Waals surface area (Å²) in [6.45, 7) is 3.87. The van der Waals surface area contributed by atoms with Crippen LogP contribution in [0.25, 0.3) is 0 Å². The summed E-state index contributed by atoms with van der Waals surface area (Å²) in [6, 6.07) is 13.5. The summed E-state index contributed by atoms with van der Waals surface area (Å²) in [7, 11) is 0. The molecule has 0 spiro atoms. The third kappa shape index (κ3) is 3.34. The first-order valence-electron chi connectivity index (χ1n) is 7.13. The van der Waals surface area contributed by atoms with E-state index in [4.69, 9.17) is 0 Å². The number of aryl methyl sites for hydroxylation is 1. The second-order valence-electron chi connectivity index (χ2n) is 5.27. The Bertz CT molecular complexity index is 679. The van der Waals surface area contributed by atoms with E-state index in [0.29, 0.717) is 0 Å². The molecule has 2 aromatic carbocycles. The highest BCUT2D eigenvalue weighted by atomic mass is 16.3. The van der Waals surface area contributed by atoms with E-state index < -0.39 is 0 Å². The van der Waals surface area contributed by atoms with E-state index in [2.05, 4.69) is 40.7 Å². The van der Waals surface area contributed by atoms with Gasteiger partial charge in [0.05, 0.1) is 6.54 Å². The van der Waals surface area contributed by atoms with Crippen molar-refractivity contribution in [2.24, 2.45) is 4.99 Å². The van der Waals surface area contributed by atoms with Crippen molar-refractivity contribution in [3.8, 4) is 5.75 Å². The molecule has 0 atom stereocenters. The maximum atomic E-state index is 9.57. The molecule has 1 heterocycles. The number of nitrogens with zero attached hydrogens (tertiary/aromatic N) is 1. The predicted octanol–water partition coefficient (Wildman–Crippen LogP) is 2.99. The first-order chi connectivity index (χ1) is 10.2. The summed E-state index contributed by atoms with van der Waals surface area (Å²) in [6.07, 6.45) is 0.794. The average Bonchev–Trinajstić information content (AvgIpc) is 2.95. The molecule has 3 N–H and O–H groups in total. The van der Waals surface area contributed by atoms with Gasteiger partial charge in [-0.3, -0.25) is 4.99 Å². The molecular weight excluding hydrogens is 262 g/mol.